The lowest BCUT2D eigenvalue weighted by atomic mass is 9.89. The van der Waals surface area contributed by atoms with Crippen LogP contribution < -0.4 is 10.1 Å². The minimum atomic E-state index is 0.524. The molecule has 0 saturated carbocycles. The van der Waals surface area contributed by atoms with Crippen LogP contribution in [0.1, 0.15) is 37.8 Å². The number of rotatable bonds is 7. The highest BCUT2D eigenvalue weighted by molar-refractivity contribution is 5.37. The monoisotopic (exact) mass is 249 g/mol. The van der Waals surface area contributed by atoms with E-state index in [1.165, 1.54) is 24.0 Å². The summed E-state index contributed by atoms with van der Waals surface area (Å²) in [5, 5.41) is 3.47. The van der Waals surface area contributed by atoms with Crippen molar-refractivity contribution in [1.29, 1.82) is 0 Å². The molecule has 1 rings (SSSR count). The number of nitrogens with one attached hydrogen (secondary N) is 1. The molecule has 102 valence electrons. The zero-order chi connectivity index (χ0) is 13.5. The first-order valence-electron chi connectivity index (χ1n) is 6.96. The summed E-state index contributed by atoms with van der Waals surface area (Å²) >= 11 is 0. The molecule has 0 aliphatic carbocycles. The molecule has 0 aromatic heterocycles. The molecule has 1 N–H and O–H groups in total. The van der Waals surface area contributed by atoms with Crippen LogP contribution in [-0.2, 0) is 6.42 Å². The van der Waals surface area contributed by atoms with E-state index in [2.05, 4.69) is 51.3 Å². The molecule has 0 aliphatic heterocycles. The Morgan fingerprint density at radius 1 is 1.22 bits per heavy atom. The molecule has 1 aromatic rings. The van der Waals surface area contributed by atoms with E-state index in [4.69, 9.17) is 4.74 Å². The number of benzene rings is 1. The molecule has 0 bridgehead atoms. The molecule has 0 fully saturated rings. The zero-order valence-electron chi connectivity index (χ0n) is 12.4. The van der Waals surface area contributed by atoms with E-state index >= 15 is 0 Å². The van der Waals surface area contributed by atoms with Crippen molar-refractivity contribution >= 4 is 0 Å². The molecule has 18 heavy (non-hydrogen) atoms. The van der Waals surface area contributed by atoms with Gasteiger partial charge in [-0.3, -0.25) is 0 Å². The van der Waals surface area contributed by atoms with Gasteiger partial charge in [0.1, 0.15) is 5.75 Å². The second kappa shape index (κ2) is 7.42. The third-order valence-corrected chi connectivity index (χ3v) is 3.86. The van der Waals surface area contributed by atoms with E-state index in [0.29, 0.717) is 6.04 Å². The normalized spacial score (nSPS) is 12.8. The van der Waals surface area contributed by atoms with Crippen LogP contribution in [0.2, 0.25) is 0 Å². The number of aryl methyl sites for hydroxylation is 1. The molecule has 1 unspecified atom stereocenters. The van der Waals surface area contributed by atoms with Gasteiger partial charge in [0.05, 0.1) is 7.11 Å². The van der Waals surface area contributed by atoms with Gasteiger partial charge in [-0.1, -0.05) is 44.4 Å². The fourth-order valence-electron chi connectivity index (χ4n) is 2.67. The second-order valence-corrected chi connectivity index (χ2v) is 4.99. The predicted octanol–water partition coefficient (Wildman–Crippen LogP) is 3.57. The maximum absolute atomic E-state index is 5.46. The summed E-state index contributed by atoms with van der Waals surface area (Å²) in [6.07, 6.45) is 3.47. The van der Waals surface area contributed by atoms with Crippen molar-refractivity contribution in [2.75, 3.05) is 14.2 Å². The Hall–Kier alpha value is -1.02. The standard InChI is InChI=1S/C16H27NO/c1-6-13(7-2)15(17-4)11-14-10-12(3)8-9-16(14)18-5/h8-10,13,15,17H,6-7,11H2,1-5H3. The van der Waals surface area contributed by atoms with Gasteiger partial charge in [-0.15, -0.1) is 0 Å². The Bertz CT molecular complexity index is 358. The molecular weight excluding hydrogens is 222 g/mol. The molecule has 0 aliphatic rings. The molecule has 1 atom stereocenters. The Morgan fingerprint density at radius 3 is 2.39 bits per heavy atom. The van der Waals surface area contributed by atoms with Gasteiger partial charge in [0.15, 0.2) is 0 Å². The van der Waals surface area contributed by atoms with E-state index in [1.807, 2.05) is 0 Å². The lowest BCUT2D eigenvalue weighted by Crippen LogP contribution is -2.35. The average molecular weight is 249 g/mol. The van der Waals surface area contributed by atoms with E-state index in [-0.39, 0.29) is 0 Å². The Balaban J connectivity index is 2.89. The number of likely N-dealkylation sites (N-methyl/N-ethyl adjacent to an activating group) is 1. The summed E-state index contributed by atoms with van der Waals surface area (Å²) in [5.41, 5.74) is 2.61. The maximum Gasteiger partial charge on any atom is 0.122 e. The van der Waals surface area contributed by atoms with E-state index < -0.39 is 0 Å². The van der Waals surface area contributed by atoms with Gasteiger partial charge >= 0.3 is 0 Å². The van der Waals surface area contributed by atoms with Gasteiger partial charge in [0.25, 0.3) is 0 Å². The Morgan fingerprint density at radius 2 is 1.89 bits per heavy atom. The highest BCUT2D eigenvalue weighted by Crippen LogP contribution is 2.24. The Kier molecular flexibility index (Phi) is 6.20. The largest absolute Gasteiger partial charge is 0.496 e. The van der Waals surface area contributed by atoms with E-state index in [9.17, 15) is 0 Å². The predicted molar refractivity (Wildman–Crippen MR) is 78.4 cm³/mol. The number of hydrogen-bond acceptors (Lipinski definition) is 2. The van der Waals surface area contributed by atoms with Crippen molar-refractivity contribution in [3.8, 4) is 5.75 Å². The first-order chi connectivity index (χ1) is 8.65. The molecule has 2 nitrogen and oxygen atoms in total. The van der Waals surface area contributed by atoms with Gasteiger partial charge in [0, 0.05) is 6.04 Å². The number of methoxy groups -OCH3 is 1. The first kappa shape index (κ1) is 15.0. The van der Waals surface area contributed by atoms with E-state index in [0.717, 1.165) is 18.1 Å². The van der Waals surface area contributed by atoms with E-state index in [1.54, 1.807) is 7.11 Å². The summed E-state index contributed by atoms with van der Waals surface area (Å²) in [5.74, 6) is 1.73. The minimum absolute atomic E-state index is 0.524. The van der Waals surface area contributed by atoms with Crippen LogP contribution in [0.5, 0.6) is 5.75 Å². The van der Waals surface area contributed by atoms with Crippen molar-refractivity contribution in [2.24, 2.45) is 5.92 Å². The molecule has 0 radical (unpaired) electrons. The second-order valence-electron chi connectivity index (χ2n) is 4.99. The van der Waals surface area contributed by atoms with Crippen molar-refractivity contribution in [2.45, 2.75) is 46.1 Å². The third kappa shape index (κ3) is 3.74. The average Bonchev–Trinajstić information content (AvgIpc) is 2.39. The fraction of sp³-hybridized carbons (Fsp3) is 0.625. The van der Waals surface area contributed by atoms with Gasteiger partial charge in [0.2, 0.25) is 0 Å². The molecular formula is C16H27NO. The molecule has 0 saturated heterocycles. The van der Waals surface area contributed by atoms with Crippen molar-refractivity contribution in [3.63, 3.8) is 0 Å². The SMILES string of the molecule is CCC(CC)C(Cc1cc(C)ccc1OC)NC. The molecule has 0 spiro atoms. The maximum atomic E-state index is 5.46. The van der Waals surface area contributed by atoms with Crippen molar-refractivity contribution in [3.05, 3.63) is 29.3 Å². The third-order valence-electron chi connectivity index (χ3n) is 3.86. The van der Waals surface area contributed by atoms with Crippen LogP contribution in [-0.4, -0.2) is 20.2 Å². The van der Waals surface area contributed by atoms with Crippen LogP contribution in [0.3, 0.4) is 0 Å². The summed E-state index contributed by atoms with van der Waals surface area (Å²) in [7, 11) is 3.81. The van der Waals surface area contributed by atoms with Crippen LogP contribution in [0, 0.1) is 12.8 Å². The molecule has 2 heteroatoms. The molecule has 1 aromatic carbocycles. The van der Waals surface area contributed by atoms with Gasteiger partial charge in [-0.25, -0.2) is 0 Å². The van der Waals surface area contributed by atoms with Gasteiger partial charge in [-0.05, 0) is 37.9 Å². The lowest BCUT2D eigenvalue weighted by Gasteiger charge is -2.25. The van der Waals surface area contributed by atoms with Crippen LogP contribution in [0.25, 0.3) is 0 Å². The van der Waals surface area contributed by atoms with Gasteiger partial charge in [-0.2, -0.15) is 0 Å². The number of ether oxygens (including phenoxy) is 1. The summed E-state index contributed by atoms with van der Waals surface area (Å²) < 4.78 is 5.46. The molecule has 0 amide bonds. The highest BCUT2D eigenvalue weighted by atomic mass is 16.5. The van der Waals surface area contributed by atoms with Crippen LogP contribution >= 0.6 is 0 Å². The quantitative estimate of drug-likeness (QED) is 0.797. The minimum Gasteiger partial charge on any atom is -0.496 e. The fourth-order valence-corrected chi connectivity index (χ4v) is 2.67. The van der Waals surface area contributed by atoms with Crippen molar-refractivity contribution in [1.82, 2.24) is 5.32 Å². The number of hydrogen-bond donors (Lipinski definition) is 1. The van der Waals surface area contributed by atoms with Crippen LogP contribution in [0.15, 0.2) is 18.2 Å². The Labute approximate surface area is 112 Å². The summed E-state index contributed by atoms with van der Waals surface area (Å²) in [4.78, 5) is 0. The summed E-state index contributed by atoms with van der Waals surface area (Å²) in [6.45, 7) is 6.67. The summed E-state index contributed by atoms with van der Waals surface area (Å²) in [6, 6.07) is 6.94. The van der Waals surface area contributed by atoms with Crippen LogP contribution in [0.4, 0.5) is 0 Å². The molecule has 0 heterocycles. The first-order valence-corrected chi connectivity index (χ1v) is 6.96. The topological polar surface area (TPSA) is 21.3 Å². The van der Waals surface area contributed by atoms with Crippen molar-refractivity contribution < 1.29 is 4.74 Å². The highest BCUT2D eigenvalue weighted by Gasteiger charge is 2.18. The zero-order valence-corrected chi connectivity index (χ0v) is 12.4. The van der Waals surface area contributed by atoms with Gasteiger partial charge < -0.3 is 10.1 Å². The lowest BCUT2D eigenvalue weighted by molar-refractivity contribution is 0.342. The smallest absolute Gasteiger partial charge is 0.122 e.